The van der Waals surface area contributed by atoms with Gasteiger partial charge in [-0.25, -0.2) is 8.42 Å². The minimum atomic E-state index is -3.79. The fraction of sp³-hybridized carbons (Fsp3) is 0.533. The summed E-state index contributed by atoms with van der Waals surface area (Å²) in [6.45, 7) is 4.92. The Morgan fingerprint density at radius 1 is 1.40 bits per heavy atom. The zero-order chi connectivity index (χ0) is 18.4. The van der Waals surface area contributed by atoms with E-state index in [0.29, 0.717) is 13.2 Å². The molecule has 0 aromatic heterocycles. The summed E-state index contributed by atoms with van der Waals surface area (Å²) in [4.78, 5) is 10.6. The number of nitrogens with one attached hydrogen (secondary N) is 1. The summed E-state index contributed by atoms with van der Waals surface area (Å²) in [5, 5.41) is 15.4. The van der Waals surface area contributed by atoms with Gasteiger partial charge in [0.15, 0.2) is 0 Å². The molecule has 1 aromatic rings. The average molecular weight is 370 g/mol. The molecule has 1 heterocycles. The first kappa shape index (κ1) is 19.3. The van der Waals surface area contributed by atoms with E-state index in [4.69, 9.17) is 4.74 Å². The monoisotopic (exact) mass is 370 g/mol. The molecule has 25 heavy (non-hydrogen) atoms. The van der Waals surface area contributed by atoms with Crippen molar-refractivity contribution in [2.24, 2.45) is 5.10 Å². The molecule has 1 saturated heterocycles. The smallest absolute Gasteiger partial charge is 0.295 e. The lowest BCUT2D eigenvalue weighted by molar-refractivity contribution is -0.384. The molecule has 10 heteroatoms. The van der Waals surface area contributed by atoms with Gasteiger partial charge in [0.2, 0.25) is 10.0 Å². The number of anilines is 1. The number of hydrogen-bond donors (Lipinski definition) is 1. The molecule has 0 aliphatic carbocycles. The summed E-state index contributed by atoms with van der Waals surface area (Å²) < 4.78 is 31.7. The minimum absolute atomic E-state index is 0.110. The molecule has 0 radical (unpaired) electrons. The third-order valence-electron chi connectivity index (χ3n) is 3.75. The highest BCUT2D eigenvalue weighted by atomic mass is 32.2. The van der Waals surface area contributed by atoms with Gasteiger partial charge in [0.25, 0.3) is 5.69 Å². The van der Waals surface area contributed by atoms with Crippen LogP contribution in [0.15, 0.2) is 28.2 Å². The van der Waals surface area contributed by atoms with Crippen LogP contribution in [0.3, 0.4) is 0 Å². The number of nitro groups is 1. The Hall–Kier alpha value is -2.04. The van der Waals surface area contributed by atoms with Gasteiger partial charge in [-0.2, -0.15) is 9.41 Å². The van der Waals surface area contributed by atoms with Crippen LogP contribution in [0.1, 0.15) is 26.7 Å². The van der Waals surface area contributed by atoms with Gasteiger partial charge in [-0.3, -0.25) is 15.5 Å². The molecular formula is C15H22N4O5S. The Bertz CT molecular complexity index is 757. The van der Waals surface area contributed by atoms with E-state index in [1.807, 2.05) is 13.8 Å². The normalized spacial score (nSPS) is 16.6. The average Bonchev–Trinajstić information content (AvgIpc) is 2.60. The number of rotatable bonds is 7. The zero-order valence-electron chi connectivity index (χ0n) is 14.3. The maximum Gasteiger partial charge on any atom is 0.295 e. The van der Waals surface area contributed by atoms with Crippen LogP contribution in [-0.4, -0.2) is 49.7 Å². The lowest BCUT2D eigenvalue weighted by Gasteiger charge is -2.26. The summed E-state index contributed by atoms with van der Waals surface area (Å²) in [7, 11) is -3.79. The summed E-state index contributed by atoms with van der Waals surface area (Å²) in [6, 6.07) is 3.79. The van der Waals surface area contributed by atoms with Crippen LogP contribution in [0.2, 0.25) is 0 Å². The minimum Gasteiger partial charge on any atom is -0.379 e. The molecule has 0 bridgehead atoms. The molecule has 9 nitrogen and oxygen atoms in total. The van der Waals surface area contributed by atoms with Crippen molar-refractivity contribution in [1.29, 1.82) is 0 Å². The van der Waals surface area contributed by atoms with Crippen LogP contribution in [-0.2, 0) is 14.8 Å². The molecule has 0 amide bonds. The molecule has 0 saturated carbocycles. The highest BCUT2D eigenvalue weighted by Gasteiger charge is 2.28. The topological polar surface area (TPSA) is 114 Å². The van der Waals surface area contributed by atoms with Gasteiger partial charge < -0.3 is 4.74 Å². The number of ether oxygens (including phenoxy) is 1. The number of nitrogens with zero attached hydrogens (tertiary/aromatic N) is 3. The lowest BCUT2D eigenvalue weighted by Crippen LogP contribution is -2.40. The molecule has 0 spiro atoms. The SMILES string of the molecule is CCC/C(C)=N\Nc1ccc(S(=O)(=O)N2CCOCC2)cc1[N+](=O)[O-]. The number of nitro benzene ring substituents is 1. The molecule has 0 unspecified atom stereocenters. The third kappa shape index (κ3) is 4.74. The highest BCUT2D eigenvalue weighted by molar-refractivity contribution is 7.89. The van der Waals surface area contributed by atoms with Crippen LogP contribution in [0.5, 0.6) is 0 Å². The second kappa shape index (κ2) is 8.37. The molecule has 2 rings (SSSR count). The number of benzene rings is 1. The largest absolute Gasteiger partial charge is 0.379 e. The maximum atomic E-state index is 12.6. The fourth-order valence-corrected chi connectivity index (χ4v) is 3.86. The zero-order valence-corrected chi connectivity index (χ0v) is 15.1. The first-order chi connectivity index (χ1) is 11.9. The Labute approximate surface area is 146 Å². The molecular weight excluding hydrogens is 348 g/mol. The second-order valence-electron chi connectivity index (χ2n) is 5.66. The van der Waals surface area contributed by atoms with E-state index < -0.39 is 14.9 Å². The fourth-order valence-electron chi connectivity index (χ4n) is 2.43. The quantitative estimate of drug-likeness (QED) is 0.447. The van der Waals surface area contributed by atoms with Crippen molar-refractivity contribution < 1.29 is 18.1 Å². The number of sulfonamides is 1. The van der Waals surface area contributed by atoms with E-state index in [-0.39, 0.29) is 29.4 Å². The first-order valence-corrected chi connectivity index (χ1v) is 9.45. The summed E-state index contributed by atoms with van der Waals surface area (Å²) in [5.74, 6) is 0. The van der Waals surface area contributed by atoms with Crippen molar-refractivity contribution in [3.8, 4) is 0 Å². The van der Waals surface area contributed by atoms with Crippen molar-refractivity contribution in [2.45, 2.75) is 31.6 Å². The van der Waals surface area contributed by atoms with E-state index in [1.54, 1.807) is 0 Å². The number of hydrogen-bond acceptors (Lipinski definition) is 7. The predicted octanol–water partition coefficient (Wildman–Crippen LogP) is 2.20. The standard InChI is InChI=1S/C15H22N4O5S/c1-3-4-12(2)16-17-14-6-5-13(11-15(14)19(20)21)25(22,23)18-7-9-24-10-8-18/h5-6,11,17H,3-4,7-10H2,1-2H3/b16-12-. The van der Waals surface area contributed by atoms with Crippen LogP contribution >= 0.6 is 0 Å². The van der Waals surface area contributed by atoms with Gasteiger partial charge in [0.1, 0.15) is 5.69 Å². The van der Waals surface area contributed by atoms with Crippen molar-refractivity contribution in [1.82, 2.24) is 4.31 Å². The molecule has 138 valence electrons. The van der Waals surface area contributed by atoms with Gasteiger partial charge in [-0.05, 0) is 25.5 Å². The first-order valence-electron chi connectivity index (χ1n) is 8.01. The van der Waals surface area contributed by atoms with E-state index in [1.165, 1.54) is 16.4 Å². The Kier molecular flexibility index (Phi) is 6.45. The van der Waals surface area contributed by atoms with E-state index in [0.717, 1.165) is 24.6 Å². The van der Waals surface area contributed by atoms with E-state index in [9.17, 15) is 18.5 Å². The predicted molar refractivity (Wildman–Crippen MR) is 94.3 cm³/mol. The van der Waals surface area contributed by atoms with E-state index in [2.05, 4.69) is 10.5 Å². The van der Waals surface area contributed by atoms with Gasteiger partial charge in [0.05, 0.1) is 23.0 Å². The van der Waals surface area contributed by atoms with Crippen molar-refractivity contribution in [3.63, 3.8) is 0 Å². The maximum absolute atomic E-state index is 12.6. The Morgan fingerprint density at radius 2 is 2.08 bits per heavy atom. The molecule has 1 aliphatic heterocycles. The summed E-state index contributed by atoms with van der Waals surface area (Å²) >= 11 is 0. The van der Waals surface area contributed by atoms with Gasteiger partial charge in [0, 0.05) is 24.9 Å². The summed E-state index contributed by atoms with van der Waals surface area (Å²) in [6.07, 6.45) is 1.68. The van der Waals surface area contributed by atoms with Gasteiger partial charge >= 0.3 is 0 Å². The third-order valence-corrected chi connectivity index (χ3v) is 5.65. The molecule has 1 fully saturated rings. The van der Waals surface area contributed by atoms with Crippen LogP contribution < -0.4 is 5.43 Å². The Morgan fingerprint density at radius 3 is 2.68 bits per heavy atom. The van der Waals surface area contributed by atoms with Gasteiger partial charge in [-0.1, -0.05) is 13.3 Å². The molecule has 1 aromatic carbocycles. The molecule has 1 N–H and O–H groups in total. The van der Waals surface area contributed by atoms with Crippen LogP contribution in [0.25, 0.3) is 0 Å². The van der Waals surface area contributed by atoms with Crippen molar-refractivity contribution in [3.05, 3.63) is 28.3 Å². The molecule has 1 aliphatic rings. The van der Waals surface area contributed by atoms with Gasteiger partial charge in [-0.15, -0.1) is 0 Å². The summed E-state index contributed by atoms with van der Waals surface area (Å²) in [5.41, 5.74) is 3.29. The second-order valence-corrected chi connectivity index (χ2v) is 7.60. The van der Waals surface area contributed by atoms with Crippen molar-refractivity contribution >= 4 is 27.1 Å². The van der Waals surface area contributed by atoms with Crippen LogP contribution in [0, 0.1) is 10.1 Å². The van der Waals surface area contributed by atoms with Crippen LogP contribution in [0.4, 0.5) is 11.4 Å². The lowest BCUT2D eigenvalue weighted by atomic mass is 10.2. The molecule has 0 atom stereocenters. The number of morpholine rings is 1. The van der Waals surface area contributed by atoms with E-state index >= 15 is 0 Å². The highest BCUT2D eigenvalue weighted by Crippen LogP contribution is 2.29. The Balaban J connectivity index is 2.32. The number of hydrazone groups is 1. The van der Waals surface area contributed by atoms with Crippen molar-refractivity contribution in [2.75, 3.05) is 31.7 Å².